The van der Waals surface area contributed by atoms with Crippen LogP contribution in [0.4, 0.5) is 8.78 Å². The Kier molecular flexibility index (Phi) is 4.62. The molecule has 5 nitrogen and oxygen atoms in total. The van der Waals surface area contributed by atoms with Crippen LogP contribution in [0.1, 0.15) is 17.7 Å². The van der Waals surface area contributed by atoms with Crippen molar-refractivity contribution in [2.75, 3.05) is 0 Å². The number of aromatic amines is 1. The number of aromatic nitrogens is 2. The number of nitrogens with zero attached hydrogens (tertiary/aromatic N) is 1. The van der Waals surface area contributed by atoms with Gasteiger partial charge in [-0.2, -0.15) is 8.78 Å². The molecule has 0 spiro atoms. The van der Waals surface area contributed by atoms with Gasteiger partial charge in [0.05, 0.1) is 0 Å². The van der Waals surface area contributed by atoms with E-state index < -0.39 is 17.3 Å². The normalized spacial score (nSPS) is 10.8. The first-order valence-corrected chi connectivity index (χ1v) is 5.54. The molecule has 1 aromatic rings. The number of hydrogen-bond acceptors (Lipinski definition) is 4. The third-order valence-corrected chi connectivity index (χ3v) is 2.58. The number of halogens is 2. The van der Waals surface area contributed by atoms with Crippen LogP contribution < -0.4 is 5.56 Å². The Balaban J connectivity index is 2.94. The van der Waals surface area contributed by atoms with Crippen molar-refractivity contribution in [2.24, 2.45) is 0 Å². The third-order valence-electron chi connectivity index (χ3n) is 1.99. The summed E-state index contributed by atoms with van der Waals surface area (Å²) in [7, 11) is 0. The Morgan fingerprint density at radius 1 is 1.59 bits per heavy atom. The second-order valence-electron chi connectivity index (χ2n) is 3.21. The lowest BCUT2D eigenvalue weighted by Gasteiger charge is -2.05. The van der Waals surface area contributed by atoms with Crippen LogP contribution in [0.2, 0.25) is 0 Å². The van der Waals surface area contributed by atoms with E-state index in [0.29, 0.717) is 0 Å². The first-order valence-electron chi connectivity index (χ1n) is 4.66. The number of carboxylic acid groups (broad SMARTS) is 1. The first-order chi connectivity index (χ1) is 7.90. The third kappa shape index (κ3) is 4.14. The van der Waals surface area contributed by atoms with E-state index in [1.54, 1.807) is 0 Å². The average Bonchev–Trinajstić information content (AvgIpc) is 2.14. The molecular formula is C9H10F2N2O3S. The monoisotopic (exact) mass is 264 g/mol. The minimum atomic E-state index is -2.66. The summed E-state index contributed by atoms with van der Waals surface area (Å²) < 4.78 is 24.1. The van der Waals surface area contributed by atoms with Crippen LogP contribution in [-0.4, -0.2) is 26.8 Å². The highest BCUT2D eigenvalue weighted by atomic mass is 32.2. The van der Waals surface area contributed by atoms with Crippen LogP contribution in [-0.2, 0) is 11.2 Å². The first kappa shape index (κ1) is 13.6. The molecule has 94 valence electrons. The van der Waals surface area contributed by atoms with E-state index in [-0.39, 0.29) is 41.0 Å². The molecule has 0 unspecified atom stereocenters. The zero-order valence-corrected chi connectivity index (χ0v) is 9.68. The average molecular weight is 264 g/mol. The molecule has 0 amide bonds. The summed E-state index contributed by atoms with van der Waals surface area (Å²) in [6, 6.07) is 0. The molecule has 0 aliphatic rings. The van der Waals surface area contributed by atoms with Gasteiger partial charge in [-0.15, -0.1) is 0 Å². The second-order valence-corrected chi connectivity index (χ2v) is 4.19. The molecule has 2 N–H and O–H groups in total. The van der Waals surface area contributed by atoms with Crippen molar-refractivity contribution in [3.05, 3.63) is 21.6 Å². The van der Waals surface area contributed by atoms with E-state index >= 15 is 0 Å². The molecule has 0 saturated heterocycles. The van der Waals surface area contributed by atoms with Gasteiger partial charge in [0.25, 0.3) is 11.3 Å². The fourth-order valence-electron chi connectivity index (χ4n) is 1.25. The Bertz CT molecular complexity index is 476. The molecule has 1 heterocycles. The van der Waals surface area contributed by atoms with Crippen molar-refractivity contribution in [1.82, 2.24) is 9.97 Å². The molecular weight excluding hydrogens is 254 g/mol. The van der Waals surface area contributed by atoms with Crippen LogP contribution in [0.25, 0.3) is 0 Å². The van der Waals surface area contributed by atoms with Crippen molar-refractivity contribution in [2.45, 2.75) is 30.7 Å². The SMILES string of the molecule is Cc1nc(SC(F)F)[nH]c(=O)c1CCC(=O)O. The molecule has 1 rings (SSSR count). The van der Waals surface area contributed by atoms with Crippen LogP contribution >= 0.6 is 11.8 Å². The molecule has 0 saturated carbocycles. The molecule has 8 heteroatoms. The fourth-order valence-corrected chi connectivity index (χ4v) is 1.76. The Morgan fingerprint density at radius 3 is 2.71 bits per heavy atom. The Labute approximate surface area is 99.3 Å². The summed E-state index contributed by atoms with van der Waals surface area (Å²) in [5.74, 6) is -3.70. The summed E-state index contributed by atoms with van der Waals surface area (Å²) in [4.78, 5) is 27.9. The molecule has 0 bridgehead atoms. The minimum absolute atomic E-state index is 0.0309. The van der Waals surface area contributed by atoms with Crippen molar-refractivity contribution in [1.29, 1.82) is 0 Å². The summed E-state index contributed by atoms with van der Waals surface area (Å²) in [5.41, 5.74) is -0.0777. The highest BCUT2D eigenvalue weighted by molar-refractivity contribution is 7.99. The van der Waals surface area contributed by atoms with Gasteiger partial charge in [-0.05, 0) is 25.1 Å². The van der Waals surface area contributed by atoms with Gasteiger partial charge in [0.15, 0.2) is 5.16 Å². The number of nitrogens with one attached hydrogen (secondary N) is 1. The van der Waals surface area contributed by atoms with Gasteiger partial charge in [-0.1, -0.05) is 0 Å². The molecule has 0 aromatic carbocycles. The smallest absolute Gasteiger partial charge is 0.303 e. The number of thioether (sulfide) groups is 1. The number of hydrogen-bond donors (Lipinski definition) is 2. The number of aryl methyl sites for hydroxylation is 1. The Morgan fingerprint density at radius 2 is 2.24 bits per heavy atom. The maximum absolute atomic E-state index is 12.1. The minimum Gasteiger partial charge on any atom is -0.481 e. The zero-order chi connectivity index (χ0) is 13.0. The molecule has 0 fully saturated rings. The maximum Gasteiger partial charge on any atom is 0.303 e. The number of H-pyrrole nitrogens is 1. The predicted molar refractivity (Wildman–Crippen MR) is 57.4 cm³/mol. The molecule has 0 atom stereocenters. The van der Waals surface area contributed by atoms with Crippen LogP contribution in [0.15, 0.2) is 9.95 Å². The zero-order valence-electron chi connectivity index (χ0n) is 8.87. The van der Waals surface area contributed by atoms with E-state index in [1.165, 1.54) is 6.92 Å². The van der Waals surface area contributed by atoms with Crippen LogP contribution in [0.3, 0.4) is 0 Å². The predicted octanol–water partition coefficient (Wildman–Crippen LogP) is 1.41. The number of carboxylic acids is 1. The Hall–Kier alpha value is -1.44. The van der Waals surface area contributed by atoms with Crippen molar-refractivity contribution < 1.29 is 18.7 Å². The van der Waals surface area contributed by atoms with E-state index in [0.717, 1.165) is 0 Å². The van der Waals surface area contributed by atoms with Gasteiger partial charge in [0.1, 0.15) is 0 Å². The van der Waals surface area contributed by atoms with Gasteiger partial charge in [-0.3, -0.25) is 9.59 Å². The molecule has 1 aromatic heterocycles. The van der Waals surface area contributed by atoms with Crippen molar-refractivity contribution >= 4 is 17.7 Å². The van der Waals surface area contributed by atoms with E-state index in [4.69, 9.17) is 5.11 Å². The number of carbonyl (C=O) groups is 1. The molecule has 0 aliphatic carbocycles. The maximum atomic E-state index is 12.1. The van der Waals surface area contributed by atoms with Crippen molar-refractivity contribution in [3.8, 4) is 0 Å². The highest BCUT2D eigenvalue weighted by Gasteiger charge is 2.13. The van der Waals surface area contributed by atoms with Crippen LogP contribution in [0.5, 0.6) is 0 Å². The van der Waals surface area contributed by atoms with Crippen LogP contribution in [0, 0.1) is 6.92 Å². The summed E-state index contributed by atoms with van der Waals surface area (Å²) in [6.07, 6.45) is -0.171. The summed E-state index contributed by atoms with van der Waals surface area (Å²) in [5, 5.41) is 8.33. The molecule has 0 radical (unpaired) electrons. The topological polar surface area (TPSA) is 83.0 Å². The quantitative estimate of drug-likeness (QED) is 0.620. The second kappa shape index (κ2) is 5.76. The highest BCUT2D eigenvalue weighted by Crippen LogP contribution is 2.20. The number of alkyl halides is 2. The molecule has 0 aliphatic heterocycles. The molecule has 17 heavy (non-hydrogen) atoms. The largest absolute Gasteiger partial charge is 0.481 e. The fraction of sp³-hybridized carbons (Fsp3) is 0.444. The lowest BCUT2D eigenvalue weighted by Crippen LogP contribution is -2.18. The van der Waals surface area contributed by atoms with Crippen molar-refractivity contribution in [3.63, 3.8) is 0 Å². The number of aliphatic carboxylic acids is 1. The standard InChI is InChI=1S/C9H10F2N2O3S/c1-4-5(2-3-6(14)15)7(16)13-9(12-4)17-8(10)11/h8H,2-3H2,1H3,(H,14,15)(H,12,13,16). The van der Waals surface area contributed by atoms with Gasteiger partial charge in [0.2, 0.25) is 0 Å². The lowest BCUT2D eigenvalue weighted by molar-refractivity contribution is -0.136. The van der Waals surface area contributed by atoms with E-state index in [9.17, 15) is 18.4 Å². The van der Waals surface area contributed by atoms with E-state index in [1.807, 2.05) is 0 Å². The lowest BCUT2D eigenvalue weighted by atomic mass is 10.1. The summed E-state index contributed by atoms with van der Waals surface area (Å²) in [6.45, 7) is 1.49. The van der Waals surface area contributed by atoms with E-state index in [2.05, 4.69) is 9.97 Å². The number of rotatable bonds is 5. The van der Waals surface area contributed by atoms with Gasteiger partial charge >= 0.3 is 5.97 Å². The van der Waals surface area contributed by atoms with Gasteiger partial charge in [0, 0.05) is 17.7 Å². The summed E-state index contributed by atoms with van der Waals surface area (Å²) >= 11 is 0.144. The van der Waals surface area contributed by atoms with Gasteiger partial charge < -0.3 is 10.1 Å². The van der Waals surface area contributed by atoms with Gasteiger partial charge in [-0.25, -0.2) is 4.98 Å².